The van der Waals surface area contributed by atoms with Gasteiger partial charge in [0.25, 0.3) is 5.91 Å². The molecule has 1 aromatic heterocycles. The summed E-state index contributed by atoms with van der Waals surface area (Å²) in [4.78, 5) is 26.9. The standard InChI is InChI=1S/C21H23NO3S/c1-14-12-17(18-10-7-11-26-18)21(13-15(14)2,20(24)25-3)22-19(23)16-8-5-4-6-9-16/h4-11,17H,12-13H2,1-3H3,(H,22,23)/t17-,21-/m1/s1. The van der Waals surface area contributed by atoms with Crippen molar-refractivity contribution in [3.8, 4) is 0 Å². The lowest BCUT2D eigenvalue weighted by atomic mass is 9.69. The summed E-state index contributed by atoms with van der Waals surface area (Å²) in [6, 6.07) is 13.0. The second-order valence-electron chi connectivity index (χ2n) is 6.79. The zero-order valence-corrected chi connectivity index (χ0v) is 16.1. The van der Waals surface area contributed by atoms with E-state index in [9.17, 15) is 9.59 Å². The van der Waals surface area contributed by atoms with Crippen LogP contribution in [0.15, 0.2) is 59.0 Å². The molecule has 1 aliphatic carbocycles. The molecule has 0 saturated heterocycles. The first kappa shape index (κ1) is 18.4. The topological polar surface area (TPSA) is 55.4 Å². The van der Waals surface area contributed by atoms with Crippen LogP contribution in [0.2, 0.25) is 0 Å². The van der Waals surface area contributed by atoms with E-state index in [4.69, 9.17) is 4.74 Å². The van der Waals surface area contributed by atoms with Gasteiger partial charge in [0.15, 0.2) is 0 Å². The fraction of sp³-hybridized carbons (Fsp3) is 0.333. The predicted octanol–water partition coefficient (Wildman–Crippen LogP) is 4.30. The lowest BCUT2D eigenvalue weighted by molar-refractivity contribution is -0.149. The Hall–Kier alpha value is -2.40. The predicted molar refractivity (Wildman–Crippen MR) is 103 cm³/mol. The van der Waals surface area contributed by atoms with Crippen LogP contribution in [0.3, 0.4) is 0 Å². The first-order chi connectivity index (χ1) is 12.5. The molecule has 0 spiro atoms. The van der Waals surface area contributed by atoms with E-state index in [1.54, 1.807) is 23.5 Å². The van der Waals surface area contributed by atoms with Gasteiger partial charge in [-0.05, 0) is 43.8 Å². The number of methoxy groups -OCH3 is 1. The second-order valence-corrected chi connectivity index (χ2v) is 7.77. The Bertz CT molecular complexity index is 826. The molecule has 1 heterocycles. The maximum Gasteiger partial charge on any atom is 0.332 e. The second kappa shape index (κ2) is 7.46. The van der Waals surface area contributed by atoms with Crippen molar-refractivity contribution in [2.24, 2.45) is 0 Å². The van der Waals surface area contributed by atoms with Crippen molar-refractivity contribution >= 4 is 23.2 Å². The van der Waals surface area contributed by atoms with Crippen LogP contribution >= 0.6 is 11.3 Å². The van der Waals surface area contributed by atoms with E-state index in [1.807, 2.05) is 42.6 Å². The molecule has 0 unspecified atom stereocenters. The summed E-state index contributed by atoms with van der Waals surface area (Å²) in [5.41, 5.74) is 1.81. The van der Waals surface area contributed by atoms with Crippen LogP contribution in [0.1, 0.15) is 47.8 Å². The van der Waals surface area contributed by atoms with E-state index in [0.717, 1.165) is 16.9 Å². The Morgan fingerprint density at radius 2 is 1.85 bits per heavy atom. The Kier molecular flexibility index (Phi) is 5.28. The van der Waals surface area contributed by atoms with Crippen LogP contribution in [-0.2, 0) is 9.53 Å². The summed E-state index contributed by atoms with van der Waals surface area (Å²) in [6.45, 7) is 4.11. The minimum atomic E-state index is -1.10. The molecule has 5 heteroatoms. The van der Waals surface area contributed by atoms with E-state index in [1.165, 1.54) is 12.7 Å². The highest BCUT2D eigenvalue weighted by atomic mass is 32.1. The minimum Gasteiger partial charge on any atom is -0.467 e. The summed E-state index contributed by atoms with van der Waals surface area (Å²) in [7, 11) is 1.38. The summed E-state index contributed by atoms with van der Waals surface area (Å²) in [5, 5.41) is 5.04. The zero-order valence-electron chi connectivity index (χ0n) is 15.2. The number of esters is 1. The Labute approximate surface area is 157 Å². The Balaban J connectivity index is 2.06. The van der Waals surface area contributed by atoms with Crippen LogP contribution in [-0.4, -0.2) is 24.5 Å². The molecule has 1 amide bonds. The Morgan fingerprint density at radius 3 is 2.46 bits per heavy atom. The number of amides is 1. The van der Waals surface area contributed by atoms with Crippen molar-refractivity contribution < 1.29 is 14.3 Å². The highest BCUT2D eigenvalue weighted by Crippen LogP contribution is 2.45. The van der Waals surface area contributed by atoms with Crippen molar-refractivity contribution in [2.75, 3.05) is 7.11 Å². The van der Waals surface area contributed by atoms with E-state index < -0.39 is 11.5 Å². The number of ether oxygens (including phenoxy) is 1. The number of hydrogen-bond donors (Lipinski definition) is 1. The third kappa shape index (κ3) is 3.31. The number of carbonyl (C=O) groups is 2. The van der Waals surface area contributed by atoms with Crippen molar-refractivity contribution in [3.05, 3.63) is 69.4 Å². The van der Waals surface area contributed by atoms with Crippen LogP contribution in [0, 0.1) is 0 Å². The first-order valence-electron chi connectivity index (χ1n) is 8.62. The fourth-order valence-electron chi connectivity index (χ4n) is 3.62. The van der Waals surface area contributed by atoms with Gasteiger partial charge >= 0.3 is 5.97 Å². The fourth-order valence-corrected chi connectivity index (χ4v) is 4.54. The van der Waals surface area contributed by atoms with E-state index in [2.05, 4.69) is 12.2 Å². The molecule has 1 N–H and O–H groups in total. The van der Waals surface area contributed by atoms with Crippen LogP contribution in [0.25, 0.3) is 0 Å². The number of nitrogens with one attached hydrogen (secondary N) is 1. The van der Waals surface area contributed by atoms with Crippen molar-refractivity contribution in [2.45, 2.75) is 38.1 Å². The van der Waals surface area contributed by atoms with Gasteiger partial charge in [-0.15, -0.1) is 11.3 Å². The molecule has 0 fully saturated rings. The first-order valence-corrected chi connectivity index (χ1v) is 9.50. The third-order valence-corrected chi connectivity index (χ3v) is 6.17. The smallest absolute Gasteiger partial charge is 0.332 e. The van der Waals surface area contributed by atoms with Gasteiger partial charge in [-0.25, -0.2) is 4.79 Å². The van der Waals surface area contributed by atoms with Crippen LogP contribution in [0.5, 0.6) is 0 Å². The summed E-state index contributed by atoms with van der Waals surface area (Å²) >= 11 is 1.60. The lowest BCUT2D eigenvalue weighted by Gasteiger charge is -2.42. The average Bonchev–Trinajstić information content (AvgIpc) is 3.18. The molecule has 0 aliphatic heterocycles. The minimum absolute atomic E-state index is 0.147. The van der Waals surface area contributed by atoms with Crippen molar-refractivity contribution in [3.63, 3.8) is 0 Å². The molecule has 0 radical (unpaired) electrons. The molecule has 2 aromatic rings. The normalized spacial score (nSPS) is 22.8. The molecule has 4 nitrogen and oxygen atoms in total. The average molecular weight is 369 g/mol. The molecule has 26 heavy (non-hydrogen) atoms. The number of allylic oxidation sites excluding steroid dienone is 1. The molecule has 3 rings (SSSR count). The maximum absolute atomic E-state index is 13.0. The van der Waals surface area contributed by atoms with Crippen LogP contribution in [0.4, 0.5) is 0 Å². The molecule has 0 saturated carbocycles. The number of carbonyl (C=O) groups excluding carboxylic acids is 2. The molecule has 0 bridgehead atoms. The van der Waals surface area contributed by atoms with Gasteiger partial charge in [0.2, 0.25) is 0 Å². The maximum atomic E-state index is 13.0. The highest BCUT2D eigenvalue weighted by Gasteiger charge is 2.51. The number of benzene rings is 1. The zero-order chi connectivity index (χ0) is 18.7. The van der Waals surface area contributed by atoms with Gasteiger partial charge in [-0.1, -0.05) is 35.4 Å². The van der Waals surface area contributed by atoms with Gasteiger partial charge in [-0.2, -0.15) is 0 Å². The third-order valence-electron chi connectivity index (χ3n) is 5.19. The molecule has 1 aromatic carbocycles. The van der Waals surface area contributed by atoms with Crippen molar-refractivity contribution in [1.82, 2.24) is 5.32 Å². The van der Waals surface area contributed by atoms with Crippen LogP contribution < -0.4 is 5.32 Å². The van der Waals surface area contributed by atoms with E-state index >= 15 is 0 Å². The van der Waals surface area contributed by atoms with Gasteiger partial charge in [0.05, 0.1) is 7.11 Å². The largest absolute Gasteiger partial charge is 0.467 e. The van der Waals surface area contributed by atoms with E-state index in [-0.39, 0.29) is 11.8 Å². The quantitative estimate of drug-likeness (QED) is 0.646. The number of hydrogen-bond acceptors (Lipinski definition) is 4. The summed E-state index contributed by atoms with van der Waals surface area (Å²) in [6.07, 6.45) is 1.17. The number of rotatable bonds is 4. The van der Waals surface area contributed by atoms with Gasteiger partial charge in [-0.3, -0.25) is 4.79 Å². The molecular weight excluding hydrogens is 346 g/mol. The highest BCUT2D eigenvalue weighted by molar-refractivity contribution is 7.10. The SMILES string of the molecule is COC(=O)[C@@]1(NC(=O)c2ccccc2)CC(C)=C(C)C[C@@H]1c1cccs1. The molecule has 1 aliphatic rings. The van der Waals surface area contributed by atoms with Gasteiger partial charge in [0, 0.05) is 22.8 Å². The van der Waals surface area contributed by atoms with Crippen molar-refractivity contribution in [1.29, 1.82) is 0 Å². The van der Waals surface area contributed by atoms with Gasteiger partial charge < -0.3 is 10.1 Å². The summed E-state index contributed by atoms with van der Waals surface area (Å²) in [5.74, 6) is -0.803. The van der Waals surface area contributed by atoms with Gasteiger partial charge in [0.1, 0.15) is 5.54 Å². The monoisotopic (exact) mass is 369 g/mol. The van der Waals surface area contributed by atoms with E-state index in [0.29, 0.717) is 12.0 Å². The summed E-state index contributed by atoms with van der Waals surface area (Å²) < 4.78 is 5.17. The number of thiophene rings is 1. The molecule has 136 valence electrons. The molecule has 2 atom stereocenters. The lowest BCUT2D eigenvalue weighted by Crippen LogP contribution is -2.60. The Morgan fingerprint density at radius 1 is 1.12 bits per heavy atom. The molecular formula is C21H23NO3S.